The Bertz CT molecular complexity index is 181. The standard InChI is InChI=1S/C17H36N2/c1-3-5-7-9-11-13-15-17(19-18)16-14-12-10-8-6-4-2/h3-16,18H2,1-2H3. The summed E-state index contributed by atoms with van der Waals surface area (Å²) >= 11 is 0. The van der Waals surface area contributed by atoms with E-state index in [1.165, 1.54) is 82.8 Å². The number of rotatable bonds is 14. The molecule has 0 aromatic rings. The van der Waals surface area contributed by atoms with Crippen molar-refractivity contribution in [3.05, 3.63) is 0 Å². The molecule has 0 saturated heterocycles. The molecule has 0 aliphatic rings. The maximum Gasteiger partial charge on any atom is 0.0375 e. The SMILES string of the molecule is CCCCCCCCC(CCCCCCCC)=NN. The lowest BCUT2D eigenvalue weighted by atomic mass is 10.0. The molecule has 0 unspecified atom stereocenters. The molecular weight excluding hydrogens is 232 g/mol. The van der Waals surface area contributed by atoms with E-state index >= 15 is 0 Å². The highest BCUT2D eigenvalue weighted by molar-refractivity contribution is 5.84. The van der Waals surface area contributed by atoms with Gasteiger partial charge in [0.15, 0.2) is 0 Å². The summed E-state index contributed by atoms with van der Waals surface area (Å²) in [5, 5.41) is 3.97. The van der Waals surface area contributed by atoms with Crippen LogP contribution in [0.3, 0.4) is 0 Å². The average molecular weight is 268 g/mol. The summed E-state index contributed by atoms with van der Waals surface area (Å²) in [4.78, 5) is 0. The van der Waals surface area contributed by atoms with Crippen LogP contribution in [0.2, 0.25) is 0 Å². The van der Waals surface area contributed by atoms with Gasteiger partial charge in [-0.3, -0.25) is 0 Å². The van der Waals surface area contributed by atoms with Crippen LogP contribution in [0.1, 0.15) is 104 Å². The molecule has 2 N–H and O–H groups in total. The lowest BCUT2D eigenvalue weighted by Crippen LogP contribution is -2.02. The zero-order chi connectivity index (χ0) is 14.2. The summed E-state index contributed by atoms with van der Waals surface area (Å²) in [5.74, 6) is 5.49. The first-order chi connectivity index (χ1) is 9.35. The van der Waals surface area contributed by atoms with E-state index in [0.29, 0.717) is 0 Å². The largest absolute Gasteiger partial charge is 0.323 e. The first-order valence-corrected chi connectivity index (χ1v) is 8.60. The Kier molecular flexibility index (Phi) is 15.1. The molecule has 114 valence electrons. The summed E-state index contributed by atoms with van der Waals surface area (Å²) in [6.45, 7) is 4.53. The fourth-order valence-electron chi connectivity index (χ4n) is 2.47. The molecule has 0 aliphatic heterocycles. The predicted molar refractivity (Wildman–Crippen MR) is 87.6 cm³/mol. The smallest absolute Gasteiger partial charge is 0.0375 e. The van der Waals surface area contributed by atoms with Crippen molar-refractivity contribution in [3.8, 4) is 0 Å². The number of unbranched alkanes of at least 4 members (excludes halogenated alkanes) is 10. The van der Waals surface area contributed by atoms with Gasteiger partial charge in [0.25, 0.3) is 0 Å². The lowest BCUT2D eigenvalue weighted by Gasteiger charge is -2.05. The van der Waals surface area contributed by atoms with Gasteiger partial charge >= 0.3 is 0 Å². The maximum absolute atomic E-state index is 5.49. The second-order valence-corrected chi connectivity index (χ2v) is 5.73. The molecule has 0 fully saturated rings. The van der Waals surface area contributed by atoms with Crippen LogP contribution < -0.4 is 5.84 Å². The van der Waals surface area contributed by atoms with Crippen LogP contribution in [0.25, 0.3) is 0 Å². The third-order valence-corrected chi connectivity index (χ3v) is 3.82. The predicted octanol–water partition coefficient (Wildman–Crippen LogP) is 5.80. The van der Waals surface area contributed by atoms with Crippen molar-refractivity contribution < 1.29 is 0 Å². The van der Waals surface area contributed by atoms with Crippen molar-refractivity contribution in [2.75, 3.05) is 0 Å². The Morgan fingerprint density at radius 3 is 1.37 bits per heavy atom. The third kappa shape index (κ3) is 13.7. The normalized spacial score (nSPS) is 10.6. The van der Waals surface area contributed by atoms with E-state index in [1.54, 1.807) is 0 Å². The van der Waals surface area contributed by atoms with Crippen molar-refractivity contribution in [1.82, 2.24) is 0 Å². The van der Waals surface area contributed by atoms with Crippen LogP contribution in [-0.4, -0.2) is 5.71 Å². The summed E-state index contributed by atoms with van der Waals surface area (Å²) in [6, 6.07) is 0. The molecular formula is C17H36N2. The number of hydrogen-bond donors (Lipinski definition) is 1. The second kappa shape index (κ2) is 15.5. The summed E-state index contributed by atoms with van der Waals surface area (Å²) in [7, 11) is 0. The summed E-state index contributed by atoms with van der Waals surface area (Å²) < 4.78 is 0. The van der Waals surface area contributed by atoms with Gasteiger partial charge < -0.3 is 5.84 Å². The van der Waals surface area contributed by atoms with Crippen molar-refractivity contribution in [2.45, 2.75) is 104 Å². The van der Waals surface area contributed by atoms with Crippen molar-refractivity contribution in [3.63, 3.8) is 0 Å². The van der Waals surface area contributed by atoms with E-state index in [1.807, 2.05) is 0 Å². The van der Waals surface area contributed by atoms with Crippen molar-refractivity contribution in [1.29, 1.82) is 0 Å². The van der Waals surface area contributed by atoms with Gasteiger partial charge in [-0.1, -0.05) is 78.1 Å². The highest BCUT2D eigenvalue weighted by Gasteiger charge is 2.00. The van der Waals surface area contributed by atoms with Gasteiger partial charge in [-0.05, 0) is 25.7 Å². The quantitative estimate of drug-likeness (QED) is 0.184. The van der Waals surface area contributed by atoms with Gasteiger partial charge in [0.1, 0.15) is 0 Å². The molecule has 0 atom stereocenters. The summed E-state index contributed by atoms with van der Waals surface area (Å²) in [5.41, 5.74) is 1.24. The van der Waals surface area contributed by atoms with Gasteiger partial charge in [-0.25, -0.2) is 0 Å². The van der Waals surface area contributed by atoms with E-state index in [2.05, 4.69) is 18.9 Å². The number of hydrogen-bond acceptors (Lipinski definition) is 2. The van der Waals surface area contributed by atoms with Crippen LogP contribution in [0.5, 0.6) is 0 Å². The number of hydrazone groups is 1. The molecule has 2 nitrogen and oxygen atoms in total. The zero-order valence-electron chi connectivity index (χ0n) is 13.4. The zero-order valence-corrected chi connectivity index (χ0v) is 13.4. The lowest BCUT2D eigenvalue weighted by molar-refractivity contribution is 0.604. The Morgan fingerprint density at radius 1 is 0.632 bits per heavy atom. The van der Waals surface area contributed by atoms with Crippen LogP contribution >= 0.6 is 0 Å². The molecule has 0 spiro atoms. The van der Waals surface area contributed by atoms with Crippen LogP contribution in [-0.2, 0) is 0 Å². The number of nitrogens with zero attached hydrogens (tertiary/aromatic N) is 1. The fourth-order valence-corrected chi connectivity index (χ4v) is 2.47. The van der Waals surface area contributed by atoms with E-state index in [0.717, 1.165) is 12.8 Å². The van der Waals surface area contributed by atoms with Crippen LogP contribution in [0, 0.1) is 0 Å². The molecule has 0 bridgehead atoms. The molecule has 0 saturated carbocycles. The number of nitrogens with two attached hydrogens (primary N) is 1. The first kappa shape index (κ1) is 18.5. The molecule has 19 heavy (non-hydrogen) atoms. The fraction of sp³-hybridized carbons (Fsp3) is 0.941. The first-order valence-electron chi connectivity index (χ1n) is 8.60. The van der Waals surface area contributed by atoms with Crippen LogP contribution in [0.4, 0.5) is 0 Å². The highest BCUT2D eigenvalue weighted by atomic mass is 15.1. The maximum atomic E-state index is 5.49. The van der Waals surface area contributed by atoms with Gasteiger partial charge in [-0.15, -0.1) is 0 Å². The molecule has 0 aromatic heterocycles. The van der Waals surface area contributed by atoms with Gasteiger partial charge in [0.05, 0.1) is 0 Å². The Labute approximate surface area is 121 Å². The molecule has 0 rings (SSSR count). The average Bonchev–Trinajstić information content (AvgIpc) is 2.44. The molecule has 2 heteroatoms. The Balaban J connectivity index is 3.36. The van der Waals surface area contributed by atoms with Gasteiger partial charge in [0.2, 0.25) is 0 Å². The molecule has 0 aromatic carbocycles. The second-order valence-electron chi connectivity index (χ2n) is 5.73. The van der Waals surface area contributed by atoms with Crippen molar-refractivity contribution >= 4 is 5.71 Å². The summed E-state index contributed by atoms with van der Waals surface area (Å²) in [6.07, 6.45) is 18.4. The van der Waals surface area contributed by atoms with E-state index in [-0.39, 0.29) is 0 Å². The minimum absolute atomic E-state index is 1.12. The molecule has 0 heterocycles. The van der Waals surface area contributed by atoms with Gasteiger partial charge in [0, 0.05) is 5.71 Å². The Morgan fingerprint density at radius 2 is 1.00 bits per heavy atom. The monoisotopic (exact) mass is 268 g/mol. The minimum Gasteiger partial charge on any atom is -0.323 e. The minimum atomic E-state index is 1.12. The molecule has 0 radical (unpaired) electrons. The van der Waals surface area contributed by atoms with Crippen LogP contribution in [0.15, 0.2) is 5.10 Å². The van der Waals surface area contributed by atoms with Crippen molar-refractivity contribution in [2.24, 2.45) is 10.9 Å². The highest BCUT2D eigenvalue weighted by Crippen LogP contribution is 2.12. The molecule has 0 amide bonds. The van der Waals surface area contributed by atoms with E-state index in [4.69, 9.17) is 5.84 Å². The van der Waals surface area contributed by atoms with E-state index < -0.39 is 0 Å². The topological polar surface area (TPSA) is 38.4 Å². The van der Waals surface area contributed by atoms with Gasteiger partial charge in [-0.2, -0.15) is 5.10 Å². The third-order valence-electron chi connectivity index (χ3n) is 3.82. The van der Waals surface area contributed by atoms with E-state index in [9.17, 15) is 0 Å². The Hall–Kier alpha value is -0.530. The molecule has 0 aliphatic carbocycles.